The first-order valence-electron chi connectivity index (χ1n) is 9.23. The van der Waals surface area contributed by atoms with E-state index >= 15 is 0 Å². The molecule has 1 aromatic heterocycles. The van der Waals surface area contributed by atoms with Crippen molar-refractivity contribution >= 4 is 28.2 Å². The Morgan fingerprint density at radius 1 is 0.852 bits per heavy atom. The summed E-state index contributed by atoms with van der Waals surface area (Å²) < 4.78 is 2.29. The molecule has 1 N–H and O–H groups in total. The van der Waals surface area contributed by atoms with E-state index in [1.54, 1.807) is 0 Å². The summed E-state index contributed by atoms with van der Waals surface area (Å²) in [4.78, 5) is 0. The number of aryl methyl sites for hydroxylation is 2. The van der Waals surface area contributed by atoms with Gasteiger partial charge in [-0.15, -0.1) is 0 Å². The van der Waals surface area contributed by atoms with Crippen LogP contribution in [0.4, 0.5) is 5.69 Å². The summed E-state index contributed by atoms with van der Waals surface area (Å²) in [7, 11) is 0. The molecule has 1 heterocycles. The summed E-state index contributed by atoms with van der Waals surface area (Å²) in [5.74, 6) is 0. The summed E-state index contributed by atoms with van der Waals surface area (Å²) >= 11 is 6.38. The average molecular weight is 375 g/mol. The Morgan fingerprint density at radius 2 is 1.63 bits per heavy atom. The minimum absolute atomic E-state index is 0.768. The summed E-state index contributed by atoms with van der Waals surface area (Å²) in [6.45, 7) is 5.85. The van der Waals surface area contributed by atoms with Crippen LogP contribution in [0, 0.1) is 13.8 Å². The monoisotopic (exact) mass is 374 g/mol. The minimum atomic E-state index is 0.768. The van der Waals surface area contributed by atoms with Crippen molar-refractivity contribution in [1.29, 1.82) is 0 Å². The van der Waals surface area contributed by atoms with E-state index in [-0.39, 0.29) is 0 Å². The highest BCUT2D eigenvalue weighted by Gasteiger charge is 2.10. The Hall–Kier alpha value is -2.71. The van der Waals surface area contributed by atoms with Crippen LogP contribution in [-0.4, -0.2) is 4.57 Å². The number of fused-ring (bicyclic) bond motifs is 1. The van der Waals surface area contributed by atoms with Gasteiger partial charge in [-0.1, -0.05) is 54.1 Å². The van der Waals surface area contributed by atoms with Crippen molar-refractivity contribution in [3.05, 3.63) is 100 Å². The average Bonchev–Trinajstić information content (AvgIpc) is 3.02. The molecule has 0 spiro atoms. The lowest BCUT2D eigenvalue weighted by Gasteiger charge is -2.08. The van der Waals surface area contributed by atoms with E-state index in [1.807, 2.05) is 18.2 Å². The molecule has 3 heteroatoms. The standard InChI is InChI=1S/C24H23ClN2/c1-17-11-12-21(13-18(17)2)26-14-20-16-27(24-10-6-4-8-22(20)24)15-19-7-3-5-9-23(19)25/h3-13,16,26H,14-15H2,1-2H3. The number of nitrogens with one attached hydrogen (secondary N) is 1. The summed E-state index contributed by atoms with van der Waals surface area (Å²) in [5, 5.41) is 5.66. The highest BCUT2D eigenvalue weighted by molar-refractivity contribution is 6.31. The number of hydrogen-bond donors (Lipinski definition) is 1. The molecule has 0 aliphatic carbocycles. The van der Waals surface area contributed by atoms with E-state index in [4.69, 9.17) is 11.6 Å². The van der Waals surface area contributed by atoms with Crippen molar-refractivity contribution < 1.29 is 0 Å². The maximum atomic E-state index is 6.38. The second-order valence-corrected chi connectivity index (χ2v) is 7.45. The van der Waals surface area contributed by atoms with Gasteiger partial charge < -0.3 is 9.88 Å². The molecular weight excluding hydrogens is 352 g/mol. The van der Waals surface area contributed by atoms with E-state index in [0.29, 0.717) is 0 Å². The minimum Gasteiger partial charge on any atom is -0.381 e. The fourth-order valence-electron chi connectivity index (χ4n) is 3.45. The van der Waals surface area contributed by atoms with Crippen LogP contribution >= 0.6 is 11.6 Å². The molecule has 3 aromatic carbocycles. The quantitative estimate of drug-likeness (QED) is 0.418. The van der Waals surface area contributed by atoms with Crippen molar-refractivity contribution in [2.75, 3.05) is 5.32 Å². The van der Waals surface area contributed by atoms with Crippen LogP contribution in [0.2, 0.25) is 5.02 Å². The van der Waals surface area contributed by atoms with Crippen LogP contribution in [0.1, 0.15) is 22.3 Å². The number of hydrogen-bond acceptors (Lipinski definition) is 1. The van der Waals surface area contributed by atoms with Gasteiger partial charge >= 0.3 is 0 Å². The van der Waals surface area contributed by atoms with Gasteiger partial charge in [0.25, 0.3) is 0 Å². The molecule has 136 valence electrons. The maximum Gasteiger partial charge on any atom is 0.0491 e. The Labute approximate surface area is 165 Å². The Kier molecular flexibility index (Phi) is 4.91. The normalized spacial score (nSPS) is 11.1. The maximum absolute atomic E-state index is 6.38. The molecule has 0 saturated heterocycles. The smallest absolute Gasteiger partial charge is 0.0491 e. The van der Waals surface area contributed by atoms with Gasteiger partial charge in [-0.05, 0) is 60.4 Å². The molecule has 4 rings (SSSR count). The van der Waals surface area contributed by atoms with Gasteiger partial charge in [-0.3, -0.25) is 0 Å². The zero-order valence-corrected chi connectivity index (χ0v) is 16.4. The molecule has 0 saturated carbocycles. The first kappa shape index (κ1) is 17.7. The molecule has 0 aliphatic rings. The number of rotatable bonds is 5. The lowest BCUT2D eigenvalue weighted by molar-refractivity contribution is 0.831. The first-order valence-corrected chi connectivity index (χ1v) is 9.61. The fraction of sp³-hybridized carbons (Fsp3) is 0.167. The predicted octanol–water partition coefficient (Wildman–Crippen LogP) is 6.57. The van der Waals surface area contributed by atoms with Crippen molar-refractivity contribution in [1.82, 2.24) is 4.57 Å². The lowest BCUT2D eigenvalue weighted by Crippen LogP contribution is -2.00. The Morgan fingerprint density at radius 3 is 2.44 bits per heavy atom. The van der Waals surface area contributed by atoms with Gasteiger partial charge in [0, 0.05) is 40.9 Å². The summed E-state index contributed by atoms with van der Waals surface area (Å²) in [6.07, 6.45) is 2.24. The Bertz CT molecular complexity index is 1090. The van der Waals surface area contributed by atoms with Crippen LogP contribution in [0.5, 0.6) is 0 Å². The highest BCUT2D eigenvalue weighted by Crippen LogP contribution is 2.25. The molecule has 0 bridgehead atoms. The molecule has 27 heavy (non-hydrogen) atoms. The van der Waals surface area contributed by atoms with Gasteiger partial charge in [0.2, 0.25) is 0 Å². The van der Waals surface area contributed by atoms with Gasteiger partial charge in [0.15, 0.2) is 0 Å². The van der Waals surface area contributed by atoms with Crippen LogP contribution in [-0.2, 0) is 13.1 Å². The third kappa shape index (κ3) is 3.72. The number of para-hydroxylation sites is 1. The lowest BCUT2D eigenvalue weighted by atomic mass is 10.1. The summed E-state index contributed by atoms with van der Waals surface area (Å²) in [5.41, 5.74) is 7.43. The number of nitrogens with zero attached hydrogens (tertiary/aromatic N) is 1. The molecule has 0 aliphatic heterocycles. The molecule has 0 amide bonds. The second-order valence-electron chi connectivity index (χ2n) is 7.04. The van der Waals surface area contributed by atoms with Crippen molar-refractivity contribution in [3.8, 4) is 0 Å². The van der Waals surface area contributed by atoms with E-state index in [9.17, 15) is 0 Å². The van der Waals surface area contributed by atoms with Crippen molar-refractivity contribution in [2.24, 2.45) is 0 Å². The predicted molar refractivity (Wildman–Crippen MR) is 116 cm³/mol. The number of aromatic nitrogens is 1. The van der Waals surface area contributed by atoms with Gasteiger partial charge in [-0.2, -0.15) is 0 Å². The zero-order valence-electron chi connectivity index (χ0n) is 15.7. The second kappa shape index (κ2) is 7.50. The van der Waals surface area contributed by atoms with Gasteiger partial charge in [0.1, 0.15) is 0 Å². The zero-order chi connectivity index (χ0) is 18.8. The largest absolute Gasteiger partial charge is 0.381 e. The first-order chi connectivity index (χ1) is 13.1. The third-order valence-electron chi connectivity index (χ3n) is 5.16. The molecule has 0 radical (unpaired) electrons. The Balaban J connectivity index is 1.63. The molecule has 0 fully saturated rings. The fourth-order valence-corrected chi connectivity index (χ4v) is 3.65. The third-order valence-corrected chi connectivity index (χ3v) is 5.53. The van der Waals surface area contributed by atoms with Gasteiger partial charge in [0.05, 0.1) is 0 Å². The number of halogens is 1. The van der Waals surface area contributed by atoms with Crippen LogP contribution in [0.15, 0.2) is 72.9 Å². The summed E-state index contributed by atoms with van der Waals surface area (Å²) in [6, 6.07) is 23.1. The van der Waals surface area contributed by atoms with Crippen molar-refractivity contribution in [3.63, 3.8) is 0 Å². The highest BCUT2D eigenvalue weighted by atomic mass is 35.5. The van der Waals surface area contributed by atoms with Crippen molar-refractivity contribution in [2.45, 2.75) is 26.9 Å². The molecule has 2 nitrogen and oxygen atoms in total. The van der Waals surface area contributed by atoms with E-state index in [1.165, 1.54) is 27.6 Å². The van der Waals surface area contributed by atoms with Crippen LogP contribution < -0.4 is 5.32 Å². The SMILES string of the molecule is Cc1ccc(NCc2cn(Cc3ccccc3Cl)c3ccccc23)cc1C. The van der Waals surface area contributed by atoms with Crippen LogP contribution in [0.25, 0.3) is 10.9 Å². The molecule has 4 aromatic rings. The molecule has 0 unspecified atom stereocenters. The van der Waals surface area contributed by atoms with E-state index in [0.717, 1.165) is 29.4 Å². The molecular formula is C24H23ClN2. The van der Waals surface area contributed by atoms with Crippen LogP contribution in [0.3, 0.4) is 0 Å². The number of benzene rings is 3. The van der Waals surface area contributed by atoms with E-state index in [2.05, 4.69) is 78.5 Å². The van der Waals surface area contributed by atoms with E-state index < -0.39 is 0 Å². The van der Waals surface area contributed by atoms with Gasteiger partial charge in [-0.25, -0.2) is 0 Å². The topological polar surface area (TPSA) is 17.0 Å². The number of anilines is 1. The molecule has 0 atom stereocenters.